The maximum atomic E-state index is 10.6. The van der Waals surface area contributed by atoms with Gasteiger partial charge in [-0.15, -0.1) is 0 Å². The Hall–Kier alpha value is -1.28. The zero-order chi connectivity index (χ0) is 12.6. The summed E-state index contributed by atoms with van der Waals surface area (Å²) in [6, 6.07) is 8.03. The highest BCUT2D eigenvalue weighted by molar-refractivity contribution is 5.78. The minimum absolute atomic E-state index is 0.133. The van der Waals surface area contributed by atoms with Crippen molar-refractivity contribution in [3.63, 3.8) is 0 Å². The SMILES string of the molecule is CCC(O)(c1cc2cc(C)ccc2o1)C(C)C. The predicted octanol–water partition coefficient (Wildman–Crippen LogP) is 3.99. The average molecular weight is 232 g/mol. The van der Waals surface area contributed by atoms with E-state index in [0.29, 0.717) is 12.2 Å². The molecule has 0 saturated carbocycles. The van der Waals surface area contributed by atoms with Crippen molar-refractivity contribution in [3.8, 4) is 0 Å². The number of benzene rings is 1. The zero-order valence-electron chi connectivity index (χ0n) is 10.9. The first-order valence-electron chi connectivity index (χ1n) is 6.20. The van der Waals surface area contributed by atoms with Gasteiger partial charge < -0.3 is 9.52 Å². The van der Waals surface area contributed by atoms with Crippen LogP contribution >= 0.6 is 0 Å². The van der Waals surface area contributed by atoms with Gasteiger partial charge in [0, 0.05) is 5.39 Å². The summed E-state index contributed by atoms with van der Waals surface area (Å²) in [6.45, 7) is 8.07. The first-order valence-corrected chi connectivity index (χ1v) is 6.20. The number of fused-ring (bicyclic) bond motifs is 1. The van der Waals surface area contributed by atoms with E-state index in [0.717, 1.165) is 11.0 Å². The van der Waals surface area contributed by atoms with Gasteiger partial charge in [0.25, 0.3) is 0 Å². The summed E-state index contributed by atoms with van der Waals surface area (Å²) in [6.07, 6.45) is 0.656. The van der Waals surface area contributed by atoms with E-state index in [1.165, 1.54) is 5.56 Å². The molecule has 2 aromatic rings. The van der Waals surface area contributed by atoms with Gasteiger partial charge in [0.15, 0.2) is 0 Å². The fourth-order valence-corrected chi connectivity index (χ4v) is 2.24. The van der Waals surface area contributed by atoms with E-state index in [4.69, 9.17) is 4.42 Å². The maximum absolute atomic E-state index is 10.6. The topological polar surface area (TPSA) is 33.4 Å². The van der Waals surface area contributed by atoms with Crippen molar-refractivity contribution in [3.05, 3.63) is 35.6 Å². The number of aliphatic hydroxyl groups is 1. The zero-order valence-corrected chi connectivity index (χ0v) is 10.9. The van der Waals surface area contributed by atoms with Crippen LogP contribution in [-0.2, 0) is 5.60 Å². The summed E-state index contributed by atoms with van der Waals surface area (Å²) in [5.74, 6) is 0.810. The summed E-state index contributed by atoms with van der Waals surface area (Å²) in [5, 5.41) is 11.7. The van der Waals surface area contributed by atoms with E-state index < -0.39 is 5.60 Å². The van der Waals surface area contributed by atoms with Crippen molar-refractivity contribution in [2.45, 2.75) is 39.7 Å². The molecule has 0 aliphatic heterocycles. The van der Waals surface area contributed by atoms with E-state index >= 15 is 0 Å². The Bertz CT molecular complexity index is 525. The molecule has 1 unspecified atom stereocenters. The third-order valence-corrected chi connectivity index (χ3v) is 3.59. The molecule has 1 aromatic carbocycles. The lowest BCUT2D eigenvalue weighted by Crippen LogP contribution is -2.30. The molecule has 2 nitrogen and oxygen atoms in total. The van der Waals surface area contributed by atoms with Crippen LogP contribution in [0.4, 0.5) is 0 Å². The summed E-state index contributed by atoms with van der Waals surface area (Å²) in [5.41, 5.74) is 1.18. The molecule has 0 amide bonds. The number of aryl methyl sites for hydroxylation is 1. The Morgan fingerprint density at radius 2 is 2.00 bits per heavy atom. The van der Waals surface area contributed by atoms with Crippen molar-refractivity contribution >= 4 is 11.0 Å². The maximum Gasteiger partial charge on any atom is 0.137 e. The largest absolute Gasteiger partial charge is 0.458 e. The van der Waals surface area contributed by atoms with Crippen LogP contribution in [0.25, 0.3) is 11.0 Å². The first kappa shape index (κ1) is 12.2. The number of rotatable bonds is 3. The highest BCUT2D eigenvalue weighted by Gasteiger charge is 2.34. The molecule has 0 radical (unpaired) electrons. The van der Waals surface area contributed by atoms with E-state index in [-0.39, 0.29) is 5.92 Å². The standard InChI is InChI=1S/C15H20O2/c1-5-15(16,10(2)3)14-9-12-8-11(4)6-7-13(12)17-14/h6-10,16H,5H2,1-4H3. The lowest BCUT2D eigenvalue weighted by atomic mass is 9.85. The molecule has 0 aliphatic carbocycles. The normalized spacial score (nSPS) is 15.4. The van der Waals surface area contributed by atoms with E-state index in [2.05, 4.69) is 13.0 Å². The molecule has 2 rings (SSSR count). The number of hydrogen-bond acceptors (Lipinski definition) is 2. The van der Waals surface area contributed by atoms with Crippen molar-refractivity contribution in [2.75, 3.05) is 0 Å². The van der Waals surface area contributed by atoms with Crippen molar-refractivity contribution in [2.24, 2.45) is 5.92 Å². The van der Waals surface area contributed by atoms with E-state index in [9.17, 15) is 5.11 Å². The van der Waals surface area contributed by atoms with Crippen LogP contribution in [0.3, 0.4) is 0 Å². The molecule has 17 heavy (non-hydrogen) atoms. The molecule has 0 aliphatic rings. The Labute approximate surface area is 102 Å². The molecule has 1 aromatic heterocycles. The predicted molar refractivity (Wildman–Crippen MR) is 70.0 cm³/mol. The van der Waals surface area contributed by atoms with Crippen LogP contribution in [0.2, 0.25) is 0 Å². The Morgan fingerprint density at radius 1 is 1.29 bits per heavy atom. The summed E-state index contributed by atoms with van der Waals surface area (Å²) in [4.78, 5) is 0. The quantitative estimate of drug-likeness (QED) is 0.867. The highest BCUT2D eigenvalue weighted by atomic mass is 16.4. The molecule has 0 bridgehead atoms. The minimum atomic E-state index is -0.868. The fraction of sp³-hybridized carbons (Fsp3) is 0.467. The molecule has 1 N–H and O–H groups in total. The van der Waals surface area contributed by atoms with Gasteiger partial charge in [-0.1, -0.05) is 32.4 Å². The van der Waals surface area contributed by atoms with Crippen molar-refractivity contribution in [1.29, 1.82) is 0 Å². The molecule has 0 saturated heterocycles. The molecule has 1 heterocycles. The smallest absolute Gasteiger partial charge is 0.137 e. The molecule has 0 fully saturated rings. The monoisotopic (exact) mass is 232 g/mol. The molecular formula is C15H20O2. The first-order chi connectivity index (χ1) is 7.97. The second-order valence-corrected chi connectivity index (χ2v) is 5.08. The molecule has 1 atom stereocenters. The molecule has 92 valence electrons. The van der Waals surface area contributed by atoms with Gasteiger partial charge in [0.2, 0.25) is 0 Å². The number of furan rings is 1. The van der Waals surface area contributed by atoms with Gasteiger partial charge in [-0.25, -0.2) is 0 Å². The lowest BCUT2D eigenvalue weighted by molar-refractivity contribution is -0.0318. The summed E-state index contributed by atoms with van der Waals surface area (Å²) < 4.78 is 5.79. The van der Waals surface area contributed by atoms with Crippen molar-refractivity contribution in [1.82, 2.24) is 0 Å². The second-order valence-electron chi connectivity index (χ2n) is 5.08. The third kappa shape index (κ3) is 1.98. The van der Waals surface area contributed by atoms with E-state index in [1.54, 1.807) is 0 Å². The Kier molecular flexibility index (Phi) is 3.00. The Morgan fingerprint density at radius 3 is 2.59 bits per heavy atom. The molecule has 0 spiro atoms. The van der Waals surface area contributed by atoms with Crippen LogP contribution in [0.5, 0.6) is 0 Å². The number of hydrogen-bond donors (Lipinski definition) is 1. The van der Waals surface area contributed by atoms with Crippen LogP contribution in [0.1, 0.15) is 38.5 Å². The van der Waals surface area contributed by atoms with Crippen LogP contribution in [0.15, 0.2) is 28.7 Å². The van der Waals surface area contributed by atoms with Gasteiger partial charge in [-0.2, -0.15) is 0 Å². The second kappa shape index (κ2) is 4.19. The molecular weight excluding hydrogens is 212 g/mol. The van der Waals surface area contributed by atoms with Gasteiger partial charge in [-0.3, -0.25) is 0 Å². The van der Waals surface area contributed by atoms with Gasteiger partial charge in [0.05, 0.1) is 0 Å². The lowest BCUT2D eigenvalue weighted by Gasteiger charge is -2.28. The minimum Gasteiger partial charge on any atom is -0.458 e. The molecule has 2 heteroatoms. The van der Waals surface area contributed by atoms with Crippen LogP contribution < -0.4 is 0 Å². The van der Waals surface area contributed by atoms with Gasteiger partial charge in [0.1, 0.15) is 16.9 Å². The summed E-state index contributed by atoms with van der Waals surface area (Å²) in [7, 11) is 0. The van der Waals surface area contributed by atoms with Crippen LogP contribution in [-0.4, -0.2) is 5.11 Å². The van der Waals surface area contributed by atoms with Gasteiger partial charge >= 0.3 is 0 Å². The Balaban J connectivity index is 2.56. The van der Waals surface area contributed by atoms with E-state index in [1.807, 2.05) is 39.0 Å². The van der Waals surface area contributed by atoms with Gasteiger partial charge in [-0.05, 0) is 37.5 Å². The third-order valence-electron chi connectivity index (χ3n) is 3.59. The van der Waals surface area contributed by atoms with Crippen molar-refractivity contribution < 1.29 is 9.52 Å². The summed E-state index contributed by atoms with van der Waals surface area (Å²) >= 11 is 0. The average Bonchev–Trinajstić information content (AvgIpc) is 2.70. The highest BCUT2D eigenvalue weighted by Crippen LogP contribution is 2.36. The van der Waals surface area contributed by atoms with Crippen LogP contribution in [0, 0.1) is 12.8 Å². The fourth-order valence-electron chi connectivity index (χ4n) is 2.24.